The second-order valence-electron chi connectivity index (χ2n) is 7.88. The summed E-state index contributed by atoms with van der Waals surface area (Å²) in [5, 5.41) is 21.7. The van der Waals surface area contributed by atoms with Gasteiger partial charge in [-0.1, -0.05) is 26.8 Å². The Kier molecular flexibility index (Phi) is 8.24. The van der Waals surface area contributed by atoms with Gasteiger partial charge in [-0.05, 0) is 36.0 Å². The lowest BCUT2D eigenvalue weighted by Crippen LogP contribution is -2.27. The number of aliphatic hydroxyl groups is 1. The number of rotatable bonds is 10. The number of nitrogens with zero attached hydrogens (tertiary/aromatic N) is 4. The van der Waals surface area contributed by atoms with E-state index in [0.717, 1.165) is 11.8 Å². The molecule has 0 fully saturated rings. The largest absolute Gasteiger partial charge is 0.394 e. The number of nitriles is 1. The van der Waals surface area contributed by atoms with Gasteiger partial charge in [0.15, 0.2) is 0 Å². The van der Waals surface area contributed by atoms with Gasteiger partial charge in [0.1, 0.15) is 17.7 Å². The van der Waals surface area contributed by atoms with Gasteiger partial charge in [-0.3, -0.25) is 4.72 Å². The predicted octanol–water partition coefficient (Wildman–Crippen LogP) is 2.42. The number of hydrogen-bond donors (Lipinski definition) is 3. The maximum Gasteiger partial charge on any atom is 0.241 e. The Morgan fingerprint density at radius 3 is 2.45 bits per heavy atom. The fourth-order valence-electron chi connectivity index (χ4n) is 3.04. The highest BCUT2D eigenvalue weighted by molar-refractivity contribution is 7.91. The number of nitrogens with one attached hydrogen (secondary N) is 2. The van der Waals surface area contributed by atoms with Crippen molar-refractivity contribution >= 4 is 21.9 Å². The molecule has 1 unspecified atom stereocenters. The van der Waals surface area contributed by atoms with E-state index in [4.69, 9.17) is 5.26 Å². The molecule has 2 rings (SSSR count). The summed E-state index contributed by atoms with van der Waals surface area (Å²) in [6, 6.07) is 5.80. The smallest absolute Gasteiger partial charge is 0.241 e. The van der Waals surface area contributed by atoms with Gasteiger partial charge in [-0.2, -0.15) is 20.2 Å². The van der Waals surface area contributed by atoms with Gasteiger partial charge in [0.2, 0.25) is 21.9 Å². The molecule has 0 spiro atoms. The van der Waals surface area contributed by atoms with Gasteiger partial charge in [0.25, 0.3) is 0 Å². The summed E-state index contributed by atoms with van der Waals surface area (Å²) in [6.07, 6.45) is 1.94. The average Bonchev–Trinajstić information content (AvgIpc) is 2.65. The van der Waals surface area contributed by atoms with Crippen LogP contribution in [0, 0.1) is 23.1 Å². The molecule has 31 heavy (non-hydrogen) atoms. The van der Waals surface area contributed by atoms with E-state index in [1.54, 1.807) is 6.07 Å². The topological polar surface area (TPSA) is 141 Å². The Balaban J connectivity index is 2.34. The molecule has 168 valence electrons. The third kappa shape index (κ3) is 7.73. The van der Waals surface area contributed by atoms with Crippen molar-refractivity contribution < 1.29 is 17.9 Å². The van der Waals surface area contributed by atoms with Crippen molar-refractivity contribution in [1.82, 2.24) is 15.0 Å². The predicted molar refractivity (Wildman–Crippen MR) is 115 cm³/mol. The molecule has 0 amide bonds. The molecule has 2 aromatic rings. The second-order valence-corrected chi connectivity index (χ2v) is 9.63. The Bertz CT molecular complexity index is 1060. The van der Waals surface area contributed by atoms with Crippen molar-refractivity contribution in [2.45, 2.75) is 45.6 Å². The van der Waals surface area contributed by atoms with E-state index in [2.05, 4.69) is 25.0 Å². The summed E-state index contributed by atoms with van der Waals surface area (Å²) in [5.74, 6) is -0.156. The van der Waals surface area contributed by atoms with Gasteiger partial charge < -0.3 is 10.4 Å². The van der Waals surface area contributed by atoms with E-state index in [-0.39, 0.29) is 36.0 Å². The number of halogens is 1. The van der Waals surface area contributed by atoms with Crippen molar-refractivity contribution in [1.29, 1.82) is 5.26 Å². The molecule has 0 aliphatic carbocycles. The standard InChI is InChI=1S/C20H27FN6O3S/c1-12(2)7-16(11-28)23-19-24-18(25-20(26-19)27-31(4,29)30)8-13(3)14-5-6-17(21)15(9-14)10-22/h5-6,9,12-13,16,28H,7-8,11H2,1-4H3,(H2,23,24,25,26,27)/t13?,16-/m1/s1. The van der Waals surface area contributed by atoms with E-state index in [1.165, 1.54) is 12.1 Å². The van der Waals surface area contributed by atoms with E-state index in [9.17, 15) is 17.9 Å². The van der Waals surface area contributed by atoms with Crippen molar-refractivity contribution in [2.24, 2.45) is 5.92 Å². The van der Waals surface area contributed by atoms with Crippen LogP contribution in [-0.2, 0) is 16.4 Å². The maximum absolute atomic E-state index is 13.6. The Morgan fingerprint density at radius 1 is 1.19 bits per heavy atom. The third-order valence-electron chi connectivity index (χ3n) is 4.44. The van der Waals surface area contributed by atoms with Crippen LogP contribution in [0.4, 0.5) is 16.3 Å². The monoisotopic (exact) mass is 450 g/mol. The van der Waals surface area contributed by atoms with Crippen LogP contribution < -0.4 is 10.0 Å². The zero-order valence-corrected chi connectivity index (χ0v) is 18.7. The van der Waals surface area contributed by atoms with Crippen molar-refractivity contribution in [3.63, 3.8) is 0 Å². The zero-order valence-electron chi connectivity index (χ0n) is 17.9. The molecule has 0 radical (unpaired) electrons. The summed E-state index contributed by atoms with van der Waals surface area (Å²) >= 11 is 0. The Morgan fingerprint density at radius 2 is 1.87 bits per heavy atom. The third-order valence-corrected chi connectivity index (χ3v) is 4.99. The van der Waals surface area contributed by atoms with Crippen LogP contribution in [0.2, 0.25) is 0 Å². The van der Waals surface area contributed by atoms with E-state index < -0.39 is 15.8 Å². The van der Waals surface area contributed by atoms with Gasteiger partial charge in [-0.15, -0.1) is 0 Å². The van der Waals surface area contributed by atoms with Gasteiger partial charge >= 0.3 is 0 Å². The number of aromatic nitrogens is 3. The summed E-state index contributed by atoms with van der Waals surface area (Å²) in [7, 11) is -3.62. The lowest BCUT2D eigenvalue weighted by molar-refractivity contribution is 0.259. The normalized spacial score (nSPS) is 13.5. The van der Waals surface area contributed by atoms with Crippen LogP contribution in [0.25, 0.3) is 0 Å². The van der Waals surface area contributed by atoms with Crippen LogP contribution in [-0.4, -0.2) is 47.4 Å². The summed E-state index contributed by atoms with van der Waals surface area (Å²) in [4.78, 5) is 12.7. The maximum atomic E-state index is 13.6. The van der Waals surface area contributed by atoms with Crippen LogP contribution in [0.5, 0.6) is 0 Å². The first-order valence-corrected chi connectivity index (χ1v) is 11.7. The Labute approximate surface area is 181 Å². The lowest BCUT2D eigenvalue weighted by atomic mass is 9.96. The fraction of sp³-hybridized carbons (Fsp3) is 0.500. The number of sulfonamides is 1. The van der Waals surface area contributed by atoms with E-state index in [0.29, 0.717) is 24.6 Å². The van der Waals surface area contributed by atoms with Crippen LogP contribution in [0.3, 0.4) is 0 Å². The summed E-state index contributed by atoms with van der Waals surface area (Å²) in [6.45, 7) is 5.75. The molecular weight excluding hydrogens is 423 g/mol. The SMILES string of the molecule is CC(C)C[C@H](CO)Nc1nc(CC(C)c2ccc(F)c(C#N)c2)nc(NS(C)(=O)=O)n1. The molecule has 1 aromatic heterocycles. The number of anilines is 2. The molecule has 9 nitrogen and oxygen atoms in total. The molecule has 2 atom stereocenters. The van der Waals surface area contributed by atoms with Crippen LogP contribution in [0.15, 0.2) is 18.2 Å². The van der Waals surface area contributed by atoms with Gasteiger partial charge in [-0.25, -0.2) is 12.8 Å². The minimum Gasteiger partial charge on any atom is -0.394 e. The Hall–Kier alpha value is -2.84. The highest BCUT2D eigenvalue weighted by atomic mass is 32.2. The van der Waals surface area contributed by atoms with Crippen molar-refractivity contribution in [3.05, 3.63) is 41.0 Å². The van der Waals surface area contributed by atoms with Crippen LogP contribution in [0.1, 0.15) is 50.1 Å². The first-order valence-electron chi connectivity index (χ1n) is 9.80. The highest BCUT2D eigenvalue weighted by Crippen LogP contribution is 2.22. The molecule has 0 aliphatic heterocycles. The van der Waals surface area contributed by atoms with Crippen LogP contribution >= 0.6 is 0 Å². The first kappa shape index (κ1) is 24.4. The molecular formula is C20H27FN6O3S. The molecule has 0 saturated carbocycles. The molecule has 1 aromatic carbocycles. The molecule has 11 heteroatoms. The number of benzene rings is 1. The average molecular weight is 451 g/mol. The van der Waals surface area contributed by atoms with E-state index >= 15 is 0 Å². The molecule has 0 aliphatic rings. The molecule has 3 N–H and O–H groups in total. The number of hydrogen-bond acceptors (Lipinski definition) is 8. The first-order chi connectivity index (χ1) is 14.5. The minimum atomic E-state index is -3.62. The second kappa shape index (κ2) is 10.5. The minimum absolute atomic E-state index is 0.0544. The summed E-state index contributed by atoms with van der Waals surface area (Å²) < 4.78 is 39.2. The molecule has 0 bridgehead atoms. The van der Waals surface area contributed by atoms with Crippen molar-refractivity contribution in [2.75, 3.05) is 22.9 Å². The van der Waals surface area contributed by atoms with Gasteiger partial charge in [0, 0.05) is 6.42 Å². The summed E-state index contributed by atoms with van der Waals surface area (Å²) in [5.41, 5.74) is 0.666. The lowest BCUT2D eigenvalue weighted by Gasteiger charge is -2.19. The van der Waals surface area contributed by atoms with Crippen molar-refractivity contribution in [3.8, 4) is 6.07 Å². The molecule has 0 saturated heterocycles. The van der Waals surface area contributed by atoms with E-state index in [1.807, 2.05) is 26.8 Å². The number of aliphatic hydroxyl groups excluding tert-OH is 1. The highest BCUT2D eigenvalue weighted by Gasteiger charge is 2.17. The zero-order chi connectivity index (χ0) is 23.2. The fourth-order valence-corrected chi connectivity index (χ4v) is 3.47. The quantitative estimate of drug-likeness (QED) is 0.501. The van der Waals surface area contributed by atoms with Gasteiger partial charge in [0.05, 0.1) is 24.5 Å². The molecule has 1 heterocycles.